The molecule has 1 saturated heterocycles. The van der Waals surface area contributed by atoms with Gasteiger partial charge in [-0.3, -0.25) is 9.59 Å². The molecule has 0 spiro atoms. The second-order valence-corrected chi connectivity index (χ2v) is 9.01. The number of piperazine rings is 1. The largest absolute Gasteiger partial charge is 0.368 e. The first-order valence-corrected chi connectivity index (χ1v) is 11.6. The van der Waals surface area contributed by atoms with Gasteiger partial charge in [-0.25, -0.2) is 0 Å². The van der Waals surface area contributed by atoms with Gasteiger partial charge in [0.25, 0.3) is 5.91 Å². The zero-order valence-corrected chi connectivity index (χ0v) is 18.1. The Morgan fingerprint density at radius 3 is 2.35 bits per heavy atom. The Kier molecular flexibility index (Phi) is 5.47. The average molecular weight is 432 g/mol. The first kappa shape index (κ1) is 19.8. The number of rotatable bonds is 5. The van der Waals surface area contributed by atoms with Gasteiger partial charge < -0.3 is 14.7 Å². The van der Waals surface area contributed by atoms with Gasteiger partial charge in [0.1, 0.15) is 0 Å². The number of benzene rings is 2. The maximum absolute atomic E-state index is 13.3. The van der Waals surface area contributed by atoms with Crippen LogP contribution in [0.5, 0.6) is 0 Å². The van der Waals surface area contributed by atoms with Crippen molar-refractivity contribution in [1.29, 1.82) is 0 Å². The number of nitrogens with zero attached hydrogens (tertiary/aromatic N) is 3. The Balaban J connectivity index is 1.29. The number of amides is 2. The zero-order valence-electron chi connectivity index (χ0n) is 17.3. The number of para-hydroxylation sites is 1. The van der Waals surface area contributed by atoms with Crippen molar-refractivity contribution in [2.75, 3.05) is 31.1 Å². The van der Waals surface area contributed by atoms with E-state index >= 15 is 0 Å². The van der Waals surface area contributed by atoms with Crippen LogP contribution < -0.4 is 4.90 Å². The van der Waals surface area contributed by atoms with Gasteiger partial charge >= 0.3 is 0 Å². The summed E-state index contributed by atoms with van der Waals surface area (Å²) in [7, 11) is 0. The lowest BCUT2D eigenvalue weighted by Gasteiger charge is -2.37. The van der Waals surface area contributed by atoms with Crippen LogP contribution >= 0.6 is 11.3 Å². The summed E-state index contributed by atoms with van der Waals surface area (Å²) in [5.74, 6) is 0.144. The Labute approximate surface area is 186 Å². The lowest BCUT2D eigenvalue weighted by Crippen LogP contribution is -2.49. The SMILES string of the molecule is O=C(C[C@@H](c1cccs1)N1Cc2ccccc2C1=O)N1CCN(c2ccccc2)CC1. The Morgan fingerprint density at radius 2 is 1.65 bits per heavy atom. The Bertz CT molecular complexity index is 1060. The third kappa shape index (κ3) is 3.95. The molecule has 31 heavy (non-hydrogen) atoms. The predicted molar refractivity (Wildman–Crippen MR) is 123 cm³/mol. The minimum absolute atomic E-state index is 0.0238. The van der Waals surface area contributed by atoms with Gasteiger partial charge in [0.2, 0.25) is 5.91 Å². The number of carbonyl (C=O) groups excluding carboxylic acids is 2. The maximum atomic E-state index is 13.3. The van der Waals surface area contributed by atoms with Gasteiger partial charge in [-0.05, 0) is 35.2 Å². The van der Waals surface area contributed by atoms with E-state index in [9.17, 15) is 9.59 Å². The lowest BCUT2D eigenvalue weighted by molar-refractivity contribution is -0.132. The van der Waals surface area contributed by atoms with E-state index in [1.54, 1.807) is 11.3 Å². The summed E-state index contributed by atoms with van der Waals surface area (Å²) >= 11 is 1.61. The molecule has 0 radical (unpaired) electrons. The monoisotopic (exact) mass is 431 g/mol. The molecule has 3 aromatic rings. The minimum Gasteiger partial charge on any atom is -0.368 e. The fourth-order valence-corrected chi connectivity index (χ4v) is 5.36. The zero-order chi connectivity index (χ0) is 21.2. The molecular weight excluding hydrogens is 406 g/mol. The van der Waals surface area contributed by atoms with E-state index in [-0.39, 0.29) is 17.9 Å². The van der Waals surface area contributed by atoms with Crippen LogP contribution in [0.15, 0.2) is 72.1 Å². The van der Waals surface area contributed by atoms with Crippen LogP contribution in [-0.4, -0.2) is 47.8 Å². The molecule has 0 saturated carbocycles. The van der Waals surface area contributed by atoms with Crippen molar-refractivity contribution in [1.82, 2.24) is 9.80 Å². The summed E-state index contributed by atoms with van der Waals surface area (Å²) in [6, 6.07) is 21.9. The number of anilines is 1. The van der Waals surface area contributed by atoms with Crippen LogP contribution in [0.4, 0.5) is 5.69 Å². The van der Waals surface area contributed by atoms with Crippen molar-refractivity contribution in [2.45, 2.75) is 19.0 Å². The number of fused-ring (bicyclic) bond motifs is 1. The molecule has 1 aromatic heterocycles. The summed E-state index contributed by atoms with van der Waals surface area (Å²) < 4.78 is 0. The summed E-state index contributed by atoms with van der Waals surface area (Å²) in [6.07, 6.45) is 0.325. The molecule has 2 aromatic carbocycles. The molecule has 0 aliphatic carbocycles. The molecule has 2 aliphatic heterocycles. The molecule has 0 bridgehead atoms. The highest BCUT2D eigenvalue weighted by Gasteiger charge is 2.36. The standard InChI is InChI=1S/C25H25N3O2S/c29-24(27-14-12-26(13-15-27)20-8-2-1-3-9-20)17-22(23-11-6-16-31-23)28-18-19-7-4-5-10-21(19)25(28)30/h1-11,16,22H,12-15,17-18H2/t22-/m0/s1. The van der Waals surface area contributed by atoms with Gasteiger partial charge in [-0.1, -0.05) is 42.5 Å². The van der Waals surface area contributed by atoms with Crippen LogP contribution in [0.25, 0.3) is 0 Å². The van der Waals surface area contributed by atoms with Crippen molar-refractivity contribution in [3.05, 3.63) is 88.1 Å². The predicted octanol–water partition coefficient (Wildman–Crippen LogP) is 4.18. The van der Waals surface area contributed by atoms with Gasteiger partial charge in [0.15, 0.2) is 0 Å². The van der Waals surface area contributed by atoms with E-state index in [4.69, 9.17) is 0 Å². The fraction of sp³-hybridized carbons (Fsp3) is 0.280. The van der Waals surface area contributed by atoms with Crippen LogP contribution in [0.1, 0.15) is 33.3 Å². The number of hydrogen-bond donors (Lipinski definition) is 0. The topological polar surface area (TPSA) is 43.9 Å². The van der Waals surface area contributed by atoms with Crippen molar-refractivity contribution >= 4 is 28.8 Å². The first-order chi connectivity index (χ1) is 15.2. The van der Waals surface area contributed by atoms with E-state index in [1.165, 1.54) is 5.69 Å². The van der Waals surface area contributed by atoms with Crippen molar-refractivity contribution in [3.8, 4) is 0 Å². The second-order valence-electron chi connectivity index (χ2n) is 8.03. The summed E-state index contributed by atoms with van der Waals surface area (Å²) in [5.41, 5.74) is 3.00. The molecular formula is C25H25N3O2S. The number of hydrogen-bond acceptors (Lipinski definition) is 4. The van der Waals surface area contributed by atoms with E-state index in [0.717, 1.165) is 29.1 Å². The molecule has 2 amide bonds. The molecule has 2 aliphatic rings. The van der Waals surface area contributed by atoms with E-state index in [2.05, 4.69) is 17.0 Å². The molecule has 5 nitrogen and oxygen atoms in total. The highest BCUT2D eigenvalue weighted by atomic mass is 32.1. The van der Waals surface area contributed by atoms with Gasteiger partial charge in [-0.15, -0.1) is 11.3 Å². The molecule has 1 fully saturated rings. The minimum atomic E-state index is -0.223. The lowest BCUT2D eigenvalue weighted by atomic mass is 10.1. The molecule has 0 N–H and O–H groups in total. The smallest absolute Gasteiger partial charge is 0.255 e. The van der Waals surface area contributed by atoms with Gasteiger partial charge in [-0.2, -0.15) is 0 Å². The highest BCUT2D eigenvalue weighted by molar-refractivity contribution is 7.10. The van der Waals surface area contributed by atoms with E-state index in [0.29, 0.717) is 26.1 Å². The fourth-order valence-electron chi connectivity index (χ4n) is 4.52. The van der Waals surface area contributed by atoms with Crippen molar-refractivity contribution in [2.24, 2.45) is 0 Å². The first-order valence-electron chi connectivity index (χ1n) is 10.7. The number of thiophene rings is 1. The maximum Gasteiger partial charge on any atom is 0.255 e. The molecule has 1 atom stereocenters. The van der Waals surface area contributed by atoms with Gasteiger partial charge in [0.05, 0.1) is 12.5 Å². The third-order valence-corrected chi connectivity index (χ3v) is 7.19. The van der Waals surface area contributed by atoms with Crippen LogP contribution in [-0.2, 0) is 11.3 Å². The summed E-state index contributed by atoms with van der Waals surface area (Å²) in [6.45, 7) is 3.63. The quantitative estimate of drug-likeness (QED) is 0.609. The second kappa shape index (κ2) is 8.55. The van der Waals surface area contributed by atoms with Gasteiger partial charge in [0, 0.05) is 48.9 Å². The Hall–Kier alpha value is -3.12. The molecule has 0 unspecified atom stereocenters. The third-order valence-electron chi connectivity index (χ3n) is 6.22. The van der Waals surface area contributed by atoms with Crippen molar-refractivity contribution < 1.29 is 9.59 Å². The average Bonchev–Trinajstić information content (AvgIpc) is 3.47. The highest BCUT2D eigenvalue weighted by Crippen LogP contribution is 2.35. The van der Waals surface area contributed by atoms with E-state index < -0.39 is 0 Å². The summed E-state index contributed by atoms with van der Waals surface area (Å²) in [5, 5.41) is 2.01. The van der Waals surface area contributed by atoms with E-state index in [1.807, 2.05) is 69.8 Å². The molecule has 158 valence electrons. The summed E-state index contributed by atoms with van der Waals surface area (Å²) in [4.78, 5) is 33.6. The number of carbonyl (C=O) groups is 2. The normalized spacial score (nSPS) is 17.0. The van der Waals surface area contributed by atoms with Crippen molar-refractivity contribution in [3.63, 3.8) is 0 Å². The molecule has 6 heteroatoms. The van der Waals surface area contributed by atoms with Crippen LogP contribution in [0, 0.1) is 0 Å². The van der Waals surface area contributed by atoms with Crippen LogP contribution in [0.2, 0.25) is 0 Å². The van der Waals surface area contributed by atoms with Crippen LogP contribution in [0.3, 0.4) is 0 Å². The molecule has 3 heterocycles. The Morgan fingerprint density at radius 1 is 0.903 bits per heavy atom. The molecule has 5 rings (SSSR count).